The molecule has 0 aliphatic rings. The van der Waals surface area contributed by atoms with Crippen molar-refractivity contribution < 1.29 is 19.4 Å². The fourth-order valence-corrected chi connectivity index (χ4v) is 4.95. The Kier molecular flexibility index (Phi) is 27.7. The number of carbonyl (C=O) groups excluding carboxylic acids is 1. The van der Waals surface area contributed by atoms with Gasteiger partial charge in [-0.05, 0) is 38.5 Å². The van der Waals surface area contributed by atoms with Crippen LogP contribution in [0.4, 0.5) is 0 Å². The molecule has 0 radical (unpaired) electrons. The van der Waals surface area contributed by atoms with E-state index in [9.17, 15) is 9.59 Å². The van der Waals surface area contributed by atoms with E-state index in [0.29, 0.717) is 12.8 Å². The summed E-state index contributed by atoms with van der Waals surface area (Å²) in [5.74, 6) is -0.753. The Hall–Kier alpha value is -1.06. The van der Waals surface area contributed by atoms with Crippen LogP contribution in [0.25, 0.3) is 0 Å². The largest absolute Gasteiger partial charge is 0.481 e. The van der Waals surface area contributed by atoms with E-state index in [-0.39, 0.29) is 18.5 Å². The normalized spacial score (nSPS) is 12.1. The van der Waals surface area contributed by atoms with Crippen LogP contribution in [0.1, 0.15) is 187 Å². The maximum Gasteiger partial charge on any atom is 0.306 e. The Morgan fingerprint density at radius 1 is 0.500 bits per heavy atom. The SMILES string of the molecule is CCCCCCCCCCCCCC(=O)OC(CCCCCCCCCCC)CCCCCC(=O)O. The van der Waals surface area contributed by atoms with Crippen molar-refractivity contribution in [1.29, 1.82) is 0 Å². The van der Waals surface area contributed by atoms with Crippen LogP contribution in [0.15, 0.2) is 0 Å². The van der Waals surface area contributed by atoms with Crippen molar-refractivity contribution in [2.24, 2.45) is 0 Å². The van der Waals surface area contributed by atoms with E-state index in [1.807, 2.05) is 0 Å². The van der Waals surface area contributed by atoms with Gasteiger partial charge < -0.3 is 9.84 Å². The summed E-state index contributed by atoms with van der Waals surface area (Å²) in [7, 11) is 0. The number of ether oxygens (including phenoxy) is 1. The van der Waals surface area contributed by atoms with Gasteiger partial charge in [0.05, 0.1) is 0 Å². The highest BCUT2D eigenvalue weighted by atomic mass is 16.5. The Morgan fingerprint density at radius 2 is 0.833 bits per heavy atom. The van der Waals surface area contributed by atoms with Crippen molar-refractivity contribution in [1.82, 2.24) is 0 Å². The molecule has 36 heavy (non-hydrogen) atoms. The van der Waals surface area contributed by atoms with Gasteiger partial charge in [0.1, 0.15) is 6.10 Å². The summed E-state index contributed by atoms with van der Waals surface area (Å²) in [5.41, 5.74) is 0. The van der Waals surface area contributed by atoms with E-state index >= 15 is 0 Å². The average Bonchev–Trinajstić information content (AvgIpc) is 2.85. The minimum absolute atomic E-state index is 0.0135. The van der Waals surface area contributed by atoms with Gasteiger partial charge in [0, 0.05) is 12.8 Å². The molecule has 0 saturated heterocycles. The van der Waals surface area contributed by atoms with Crippen molar-refractivity contribution in [2.75, 3.05) is 0 Å². The second-order valence-corrected chi connectivity index (χ2v) is 11.0. The number of aliphatic carboxylic acids is 1. The number of esters is 1. The first-order valence-corrected chi connectivity index (χ1v) is 16.0. The summed E-state index contributed by atoms with van der Waals surface area (Å²) in [6, 6.07) is 0. The molecule has 0 heterocycles. The number of hydrogen-bond acceptors (Lipinski definition) is 3. The number of rotatable bonds is 29. The fraction of sp³-hybridized carbons (Fsp3) is 0.938. The summed E-state index contributed by atoms with van der Waals surface area (Å²) >= 11 is 0. The third kappa shape index (κ3) is 27.5. The van der Waals surface area contributed by atoms with Gasteiger partial charge in [-0.25, -0.2) is 0 Å². The molecular formula is C32H62O4. The molecule has 0 aromatic heterocycles. The number of unbranched alkanes of at least 4 members (excludes halogenated alkanes) is 20. The molecule has 0 aromatic carbocycles. The zero-order chi connectivity index (χ0) is 26.5. The van der Waals surface area contributed by atoms with E-state index in [4.69, 9.17) is 9.84 Å². The molecule has 1 unspecified atom stereocenters. The third-order valence-corrected chi connectivity index (χ3v) is 7.33. The Balaban J connectivity index is 3.96. The summed E-state index contributed by atoms with van der Waals surface area (Å²) in [4.78, 5) is 23.2. The average molecular weight is 511 g/mol. The van der Waals surface area contributed by atoms with Crippen LogP contribution in [0.3, 0.4) is 0 Å². The number of carboxylic acid groups (broad SMARTS) is 1. The summed E-state index contributed by atoms with van der Waals surface area (Å²) in [6.45, 7) is 4.52. The van der Waals surface area contributed by atoms with Gasteiger partial charge in [0.15, 0.2) is 0 Å². The first-order valence-electron chi connectivity index (χ1n) is 16.0. The van der Waals surface area contributed by atoms with Gasteiger partial charge in [-0.1, -0.05) is 136 Å². The van der Waals surface area contributed by atoms with Crippen molar-refractivity contribution in [3.63, 3.8) is 0 Å². The number of hydrogen-bond donors (Lipinski definition) is 1. The van der Waals surface area contributed by atoms with Crippen molar-refractivity contribution in [2.45, 2.75) is 193 Å². The highest BCUT2D eigenvalue weighted by molar-refractivity contribution is 5.69. The Morgan fingerprint density at radius 3 is 1.25 bits per heavy atom. The summed E-state index contributed by atoms with van der Waals surface area (Å²) in [6.07, 6.45) is 31.0. The molecule has 0 amide bonds. The molecule has 0 aromatic rings. The van der Waals surface area contributed by atoms with Crippen LogP contribution in [0.2, 0.25) is 0 Å². The minimum atomic E-state index is -0.723. The van der Waals surface area contributed by atoms with Crippen molar-refractivity contribution in [3.8, 4) is 0 Å². The zero-order valence-electron chi connectivity index (χ0n) is 24.3. The van der Waals surface area contributed by atoms with E-state index in [1.54, 1.807) is 0 Å². The third-order valence-electron chi connectivity index (χ3n) is 7.33. The number of carbonyl (C=O) groups is 2. The molecule has 0 bridgehead atoms. The van der Waals surface area contributed by atoms with Gasteiger partial charge >= 0.3 is 11.9 Å². The van der Waals surface area contributed by atoms with Crippen LogP contribution in [0, 0.1) is 0 Å². The standard InChI is InChI=1S/C32H62O4/c1-3-5-7-9-11-13-14-16-18-20-25-29-32(35)36-30(27-23-21-24-28-31(33)34)26-22-19-17-15-12-10-8-6-4-2/h30H,3-29H2,1-2H3,(H,33,34). The lowest BCUT2D eigenvalue weighted by Crippen LogP contribution is -2.18. The second-order valence-electron chi connectivity index (χ2n) is 11.0. The van der Waals surface area contributed by atoms with Gasteiger partial charge in [-0.3, -0.25) is 9.59 Å². The van der Waals surface area contributed by atoms with Crippen LogP contribution in [0.5, 0.6) is 0 Å². The van der Waals surface area contributed by atoms with Crippen molar-refractivity contribution >= 4 is 11.9 Å². The van der Waals surface area contributed by atoms with E-state index in [2.05, 4.69) is 13.8 Å². The van der Waals surface area contributed by atoms with Crippen LogP contribution >= 0.6 is 0 Å². The molecule has 0 saturated carbocycles. The molecule has 0 aliphatic carbocycles. The quantitative estimate of drug-likeness (QED) is 0.0802. The lowest BCUT2D eigenvalue weighted by molar-refractivity contribution is -0.150. The molecular weight excluding hydrogens is 448 g/mol. The Bertz CT molecular complexity index is 477. The molecule has 0 aliphatic heterocycles. The van der Waals surface area contributed by atoms with E-state index in [1.165, 1.54) is 109 Å². The highest BCUT2D eigenvalue weighted by Crippen LogP contribution is 2.18. The first kappa shape index (κ1) is 34.9. The molecule has 0 spiro atoms. The van der Waals surface area contributed by atoms with Gasteiger partial charge in [0.25, 0.3) is 0 Å². The highest BCUT2D eigenvalue weighted by Gasteiger charge is 2.14. The fourth-order valence-electron chi connectivity index (χ4n) is 4.95. The predicted molar refractivity (Wildman–Crippen MR) is 154 cm³/mol. The van der Waals surface area contributed by atoms with Crippen molar-refractivity contribution in [3.05, 3.63) is 0 Å². The monoisotopic (exact) mass is 510 g/mol. The predicted octanol–water partition coefficient (Wildman–Crippen LogP) is 10.6. The summed E-state index contributed by atoms with van der Waals surface area (Å²) < 4.78 is 5.89. The van der Waals surface area contributed by atoms with Crippen LogP contribution < -0.4 is 0 Å². The molecule has 0 rings (SSSR count). The van der Waals surface area contributed by atoms with Gasteiger partial charge in [0.2, 0.25) is 0 Å². The maximum absolute atomic E-state index is 12.5. The Labute approximate surface area is 224 Å². The molecule has 1 N–H and O–H groups in total. The zero-order valence-corrected chi connectivity index (χ0v) is 24.3. The molecule has 4 nitrogen and oxygen atoms in total. The lowest BCUT2D eigenvalue weighted by atomic mass is 10.0. The van der Waals surface area contributed by atoms with E-state index in [0.717, 1.165) is 44.9 Å². The van der Waals surface area contributed by atoms with Gasteiger partial charge in [-0.2, -0.15) is 0 Å². The summed E-state index contributed by atoms with van der Waals surface area (Å²) in [5, 5.41) is 8.82. The maximum atomic E-state index is 12.5. The minimum Gasteiger partial charge on any atom is -0.481 e. The molecule has 1 atom stereocenters. The molecule has 214 valence electrons. The van der Waals surface area contributed by atoms with Crippen LogP contribution in [-0.4, -0.2) is 23.1 Å². The lowest BCUT2D eigenvalue weighted by Gasteiger charge is -2.18. The van der Waals surface area contributed by atoms with Gasteiger partial charge in [-0.15, -0.1) is 0 Å². The second kappa shape index (κ2) is 28.5. The first-order chi connectivity index (χ1) is 17.6. The number of carboxylic acids is 1. The smallest absolute Gasteiger partial charge is 0.306 e. The topological polar surface area (TPSA) is 63.6 Å². The molecule has 0 fully saturated rings. The van der Waals surface area contributed by atoms with Crippen LogP contribution in [-0.2, 0) is 14.3 Å². The van der Waals surface area contributed by atoms with E-state index < -0.39 is 5.97 Å². The molecule has 4 heteroatoms.